The maximum absolute atomic E-state index is 13.0. The zero-order valence-electron chi connectivity index (χ0n) is 17.9. The van der Waals surface area contributed by atoms with E-state index in [2.05, 4.69) is 15.5 Å². The van der Waals surface area contributed by atoms with Crippen molar-refractivity contribution < 1.29 is 18.7 Å². The molecule has 1 saturated heterocycles. The minimum Gasteiger partial charge on any atom is -0.380 e. The van der Waals surface area contributed by atoms with Crippen LogP contribution in [0, 0.1) is 11.7 Å². The summed E-state index contributed by atoms with van der Waals surface area (Å²) in [6.45, 7) is 3.65. The molecule has 2 amide bonds. The standard InChI is InChI=1S/C24H30FN3O3/c1-31-17-20-4-2-18(3-5-20)14-26-24(30)27-15-19-10-12-28(13-11-19)16-23(29)21-6-8-22(25)9-7-21/h2-9,19H,10-17H2,1H3,(H2,26,27,30). The Morgan fingerprint density at radius 1 is 1.00 bits per heavy atom. The van der Waals surface area contributed by atoms with Crippen molar-refractivity contribution >= 4 is 11.8 Å². The molecule has 2 N–H and O–H groups in total. The molecule has 0 aromatic heterocycles. The van der Waals surface area contributed by atoms with Gasteiger partial charge < -0.3 is 15.4 Å². The van der Waals surface area contributed by atoms with Gasteiger partial charge in [-0.2, -0.15) is 0 Å². The van der Waals surface area contributed by atoms with E-state index in [1.165, 1.54) is 24.3 Å². The molecule has 0 aliphatic carbocycles. The Morgan fingerprint density at radius 2 is 1.65 bits per heavy atom. The highest BCUT2D eigenvalue weighted by Gasteiger charge is 2.21. The lowest BCUT2D eigenvalue weighted by Gasteiger charge is -2.31. The number of hydrogen-bond acceptors (Lipinski definition) is 4. The van der Waals surface area contributed by atoms with Crippen molar-refractivity contribution in [2.45, 2.75) is 26.0 Å². The monoisotopic (exact) mass is 427 g/mol. The molecule has 166 valence electrons. The maximum Gasteiger partial charge on any atom is 0.315 e. The number of carbonyl (C=O) groups is 2. The first-order valence-corrected chi connectivity index (χ1v) is 10.6. The number of methoxy groups -OCH3 is 1. The summed E-state index contributed by atoms with van der Waals surface area (Å²) in [6.07, 6.45) is 1.86. The molecule has 1 aliphatic heterocycles. The number of hydrogen-bond donors (Lipinski definition) is 2. The number of carbonyl (C=O) groups excluding carboxylic acids is 2. The molecule has 1 fully saturated rings. The van der Waals surface area contributed by atoms with Crippen LogP contribution in [0.25, 0.3) is 0 Å². The largest absolute Gasteiger partial charge is 0.380 e. The summed E-state index contributed by atoms with van der Waals surface area (Å²) < 4.78 is 18.1. The summed E-state index contributed by atoms with van der Waals surface area (Å²) in [4.78, 5) is 26.5. The van der Waals surface area contributed by atoms with Crippen LogP contribution in [0.2, 0.25) is 0 Å². The van der Waals surface area contributed by atoms with Gasteiger partial charge in [-0.25, -0.2) is 9.18 Å². The third-order valence-electron chi connectivity index (χ3n) is 5.58. The van der Waals surface area contributed by atoms with Gasteiger partial charge >= 0.3 is 6.03 Å². The van der Waals surface area contributed by atoms with Crippen LogP contribution in [0.1, 0.15) is 34.3 Å². The smallest absolute Gasteiger partial charge is 0.315 e. The zero-order chi connectivity index (χ0) is 22.1. The molecule has 3 rings (SSSR count). The van der Waals surface area contributed by atoms with Crippen LogP contribution in [0.5, 0.6) is 0 Å². The Kier molecular flexibility index (Phi) is 8.55. The lowest BCUT2D eigenvalue weighted by Crippen LogP contribution is -2.42. The number of ketones is 1. The van der Waals surface area contributed by atoms with Crippen molar-refractivity contribution in [2.24, 2.45) is 5.92 Å². The van der Waals surface area contributed by atoms with Crippen LogP contribution < -0.4 is 10.6 Å². The molecular weight excluding hydrogens is 397 g/mol. The van der Waals surface area contributed by atoms with Crippen LogP contribution >= 0.6 is 0 Å². The minimum atomic E-state index is -0.339. The molecule has 0 atom stereocenters. The van der Waals surface area contributed by atoms with Crippen LogP contribution in [0.15, 0.2) is 48.5 Å². The number of nitrogens with zero attached hydrogens (tertiary/aromatic N) is 1. The number of Topliss-reactive ketones (excluding diaryl/α,β-unsaturated/α-hetero) is 1. The SMILES string of the molecule is COCc1ccc(CNC(=O)NCC2CCN(CC(=O)c3ccc(F)cc3)CC2)cc1. The fraction of sp³-hybridized carbons (Fsp3) is 0.417. The van der Waals surface area contributed by atoms with Crippen LogP contribution in [-0.2, 0) is 17.9 Å². The van der Waals surface area contributed by atoms with Crippen molar-refractivity contribution in [2.75, 3.05) is 33.3 Å². The number of amides is 2. The Morgan fingerprint density at radius 3 is 2.29 bits per heavy atom. The molecule has 1 aliphatic rings. The van der Waals surface area contributed by atoms with Gasteiger partial charge in [0, 0.05) is 25.8 Å². The zero-order valence-corrected chi connectivity index (χ0v) is 17.9. The summed E-state index contributed by atoms with van der Waals surface area (Å²) >= 11 is 0. The molecule has 7 heteroatoms. The fourth-order valence-electron chi connectivity index (χ4n) is 3.68. The van der Waals surface area contributed by atoms with Crippen LogP contribution in [0.4, 0.5) is 9.18 Å². The third kappa shape index (κ3) is 7.45. The van der Waals surface area contributed by atoms with Gasteiger partial charge in [-0.05, 0) is 67.2 Å². The van der Waals surface area contributed by atoms with Crippen molar-refractivity contribution in [3.63, 3.8) is 0 Å². The summed E-state index contributed by atoms with van der Waals surface area (Å²) in [5, 5.41) is 5.83. The van der Waals surface area contributed by atoms with Crippen molar-refractivity contribution in [1.82, 2.24) is 15.5 Å². The lowest BCUT2D eigenvalue weighted by molar-refractivity contribution is 0.0896. The van der Waals surface area contributed by atoms with Gasteiger partial charge in [0.2, 0.25) is 0 Å². The van der Waals surface area contributed by atoms with E-state index < -0.39 is 0 Å². The van der Waals surface area contributed by atoms with Gasteiger partial charge in [0.1, 0.15) is 5.82 Å². The number of likely N-dealkylation sites (tertiary alicyclic amines) is 1. The Balaban J connectivity index is 1.32. The van der Waals surface area contributed by atoms with Gasteiger partial charge in [0.05, 0.1) is 13.2 Å². The van der Waals surface area contributed by atoms with E-state index >= 15 is 0 Å². The molecule has 0 saturated carbocycles. The van der Waals surface area contributed by atoms with E-state index in [1.54, 1.807) is 7.11 Å². The highest BCUT2D eigenvalue weighted by atomic mass is 19.1. The maximum atomic E-state index is 13.0. The van der Waals surface area contributed by atoms with E-state index in [0.717, 1.165) is 37.1 Å². The number of ether oxygens (including phenoxy) is 1. The topological polar surface area (TPSA) is 70.7 Å². The summed E-state index contributed by atoms with van der Waals surface area (Å²) in [7, 11) is 1.66. The molecule has 0 radical (unpaired) electrons. The second-order valence-electron chi connectivity index (χ2n) is 7.96. The highest BCUT2D eigenvalue weighted by Crippen LogP contribution is 2.17. The van der Waals surface area contributed by atoms with Gasteiger partial charge in [0.25, 0.3) is 0 Å². The molecule has 0 unspecified atom stereocenters. The number of halogens is 1. The van der Waals surface area contributed by atoms with Crippen LogP contribution in [-0.4, -0.2) is 50.0 Å². The van der Waals surface area contributed by atoms with E-state index in [4.69, 9.17) is 4.74 Å². The summed E-state index contributed by atoms with van der Waals surface area (Å²) in [6, 6.07) is 13.5. The fourth-order valence-corrected chi connectivity index (χ4v) is 3.68. The normalized spacial score (nSPS) is 14.9. The molecule has 1 heterocycles. The number of urea groups is 1. The molecule has 2 aromatic carbocycles. The predicted octanol–water partition coefficient (Wildman–Crippen LogP) is 3.37. The molecule has 2 aromatic rings. The van der Waals surface area contributed by atoms with Gasteiger partial charge in [-0.15, -0.1) is 0 Å². The highest BCUT2D eigenvalue weighted by molar-refractivity contribution is 5.97. The van der Waals surface area contributed by atoms with Gasteiger partial charge in [-0.1, -0.05) is 24.3 Å². The number of benzene rings is 2. The van der Waals surface area contributed by atoms with E-state index in [-0.39, 0.29) is 17.6 Å². The van der Waals surface area contributed by atoms with Crippen molar-refractivity contribution in [1.29, 1.82) is 0 Å². The predicted molar refractivity (Wildman–Crippen MR) is 117 cm³/mol. The average molecular weight is 428 g/mol. The van der Waals surface area contributed by atoms with Gasteiger partial charge in [-0.3, -0.25) is 9.69 Å². The van der Waals surface area contributed by atoms with E-state index in [1.807, 2.05) is 24.3 Å². The Bertz CT molecular complexity index is 847. The Labute approximate surface area is 182 Å². The molecule has 0 bridgehead atoms. The quantitative estimate of drug-likeness (QED) is 0.602. The second-order valence-corrected chi connectivity index (χ2v) is 7.96. The molecule has 31 heavy (non-hydrogen) atoms. The molecule has 0 spiro atoms. The molecule has 6 nitrogen and oxygen atoms in total. The van der Waals surface area contributed by atoms with Crippen molar-refractivity contribution in [3.8, 4) is 0 Å². The number of nitrogens with one attached hydrogen (secondary N) is 2. The summed E-state index contributed by atoms with van der Waals surface area (Å²) in [5.41, 5.74) is 2.67. The van der Waals surface area contributed by atoms with E-state index in [9.17, 15) is 14.0 Å². The van der Waals surface area contributed by atoms with Crippen molar-refractivity contribution in [3.05, 3.63) is 71.0 Å². The molecular formula is C24H30FN3O3. The van der Waals surface area contributed by atoms with E-state index in [0.29, 0.717) is 37.7 Å². The first-order valence-electron chi connectivity index (χ1n) is 10.6. The first-order chi connectivity index (χ1) is 15.0. The van der Waals surface area contributed by atoms with Gasteiger partial charge in [0.15, 0.2) is 5.78 Å². The number of rotatable bonds is 9. The lowest BCUT2D eigenvalue weighted by atomic mass is 9.96. The summed E-state index contributed by atoms with van der Waals surface area (Å²) in [5.74, 6) is 0.0661. The second kappa shape index (κ2) is 11.6. The number of piperidine rings is 1. The Hall–Kier alpha value is -2.77. The average Bonchev–Trinajstić information content (AvgIpc) is 2.79. The third-order valence-corrected chi connectivity index (χ3v) is 5.58. The minimum absolute atomic E-state index is 0.00575. The van der Waals surface area contributed by atoms with Crippen LogP contribution in [0.3, 0.4) is 0 Å². The first kappa shape index (κ1) is 22.9.